The summed E-state index contributed by atoms with van der Waals surface area (Å²) in [6, 6.07) is 5.74. The minimum atomic E-state index is -4.73. The summed E-state index contributed by atoms with van der Waals surface area (Å²) in [5, 5.41) is 3.37. The lowest BCUT2D eigenvalue weighted by atomic mass is 9.97. The molecule has 0 aliphatic carbocycles. The molecule has 0 bridgehead atoms. The van der Waals surface area contributed by atoms with Crippen LogP contribution in [0.3, 0.4) is 0 Å². The Morgan fingerprint density at radius 2 is 1.84 bits per heavy atom. The smallest absolute Gasteiger partial charge is 0.414 e. The molecule has 0 spiro atoms. The van der Waals surface area contributed by atoms with Gasteiger partial charge >= 0.3 is 17.9 Å². The van der Waals surface area contributed by atoms with E-state index in [0.717, 1.165) is 23.1 Å². The number of carbonyl (C=O) groups excluding carboxylic acids is 1. The molecule has 1 aromatic heterocycles. The lowest BCUT2D eigenvalue weighted by Gasteiger charge is -2.28. The molecule has 3 aromatic rings. The van der Waals surface area contributed by atoms with E-state index in [1.165, 1.54) is 26.2 Å². The third-order valence-corrected chi connectivity index (χ3v) is 7.96. The van der Waals surface area contributed by atoms with Crippen LogP contribution in [0.15, 0.2) is 39.5 Å². The highest BCUT2D eigenvalue weighted by atomic mass is 32.2. The van der Waals surface area contributed by atoms with Gasteiger partial charge in [-0.15, -0.1) is 0 Å². The molecule has 16 heteroatoms. The van der Waals surface area contributed by atoms with E-state index < -0.39 is 69.6 Å². The summed E-state index contributed by atoms with van der Waals surface area (Å²) < 4.78 is 105. The van der Waals surface area contributed by atoms with Crippen molar-refractivity contribution in [3.63, 3.8) is 0 Å². The van der Waals surface area contributed by atoms with Crippen LogP contribution in [0.2, 0.25) is 0 Å². The number of anilines is 1. The minimum absolute atomic E-state index is 0.0283. The van der Waals surface area contributed by atoms with Crippen molar-refractivity contribution in [1.82, 2.24) is 15.1 Å². The van der Waals surface area contributed by atoms with E-state index in [2.05, 4.69) is 5.32 Å². The Bertz CT molecular complexity index is 1670. The van der Waals surface area contributed by atoms with E-state index in [9.17, 15) is 31.2 Å². The second kappa shape index (κ2) is 12.9. The van der Waals surface area contributed by atoms with Crippen molar-refractivity contribution < 1.29 is 44.3 Å². The number of piperazine rings is 1. The highest BCUT2D eigenvalue weighted by Gasteiger charge is 2.30. The monoisotopic (exact) mass is 632 g/mol. The van der Waals surface area contributed by atoms with Gasteiger partial charge in [-0.2, -0.15) is 13.2 Å². The van der Waals surface area contributed by atoms with Crippen molar-refractivity contribution in [3.8, 4) is 5.75 Å². The number of rotatable bonds is 9. The third kappa shape index (κ3) is 8.20. The van der Waals surface area contributed by atoms with E-state index in [0.29, 0.717) is 31.7 Å². The van der Waals surface area contributed by atoms with E-state index >= 15 is 8.78 Å². The lowest BCUT2D eigenvalue weighted by molar-refractivity contribution is -0.129. The molecule has 43 heavy (non-hydrogen) atoms. The molecule has 0 saturated carbocycles. The van der Waals surface area contributed by atoms with Crippen LogP contribution in [-0.2, 0) is 23.0 Å². The van der Waals surface area contributed by atoms with Gasteiger partial charge in [-0.1, -0.05) is 12.1 Å². The van der Waals surface area contributed by atoms with Crippen molar-refractivity contribution in [2.75, 3.05) is 50.7 Å². The van der Waals surface area contributed by atoms with Gasteiger partial charge in [0.2, 0.25) is 10.0 Å². The van der Waals surface area contributed by atoms with Gasteiger partial charge in [0, 0.05) is 70.3 Å². The number of nitrogens with one attached hydrogen (secondary N) is 2. The highest BCUT2D eigenvalue weighted by Crippen LogP contribution is 2.31. The van der Waals surface area contributed by atoms with Gasteiger partial charge in [-0.25, -0.2) is 26.8 Å². The summed E-state index contributed by atoms with van der Waals surface area (Å²) in [4.78, 5) is 28.3. The molecule has 10 nitrogen and oxygen atoms in total. The Kier molecular flexibility index (Phi) is 9.61. The zero-order valence-electron chi connectivity index (χ0n) is 23.2. The average molecular weight is 633 g/mol. The van der Waals surface area contributed by atoms with Crippen molar-refractivity contribution in [2.45, 2.75) is 25.6 Å². The fourth-order valence-corrected chi connectivity index (χ4v) is 5.57. The summed E-state index contributed by atoms with van der Waals surface area (Å²) in [5.74, 6) is -3.78. The van der Waals surface area contributed by atoms with Gasteiger partial charge in [0.15, 0.2) is 17.4 Å². The summed E-state index contributed by atoms with van der Waals surface area (Å²) >= 11 is 0. The number of benzene rings is 2. The van der Waals surface area contributed by atoms with Gasteiger partial charge in [0.1, 0.15) is 5.58 Å². The summed E-state index contributed by atoms with van der Waals surface area (Å²) in [5.41, 5.74) is -1.40. The van der Waals surface area contributed by atoms with Gasteiger partial charge in [-0.05, 0) is 23.3 Å². The molecule has 2 heterocycles. The molecule has 1 aliphatic heterocycles. The zero-order chi connectivity index (χ0) is 31.5. The predicted molar refractivity (Wildman–Crippen MR) is 148 cm³/mol. The molecule has 1 saturated heterocycles. The molecule has 234 valence electrons. The number of fused-ring (bicyclic) bond motifs is 1. The molecule has 2 N–H and O–H groups in total. The zero-order valence-corrected chi connectivity index (χ0v) is 24.0. The number of hydrogen-bond acceptors (Lipinski definition) is 8. The molecular weight excluding hydrogens is 603 g/mol. The molecule has 1 aliphatic rings. The van der Waals surface area contributed by atoms with Crippen LogP contribution in [0.4, 0.5) is 32.4 Å². The normalized spacial score (nSPS) is 14.6. The minimum Gasteiger partial charge on any atom is -0.422 e. The van der Waals surface area contributed by atoms with Gasteiger partial charge in [-0.3, -0.25) is 9.62 Å². The van der Waals surface area contributed by atoms with E-state index in [-0.39, 0.29) is 28.6 Å². The maximum atomic E-state index is 15.5. The molecule has 0 radical (unpaired) electrons. The summed E-state index contributed by atoms with van der Waals surface area (Å²) in [7, 11) is -1.74. The number of sulfonamides is 1. The van der Waals surface area contributed by atoms with Gasteiger partial charge in [0.05, 0.1) is 17.9 Å². The fraction of sp³-hybridized carbons (Fsp3) is 0.407. The van der Waals surface area contributed by atoms with Crippen molar-refractivity contribution in [3.05, 3.63) is 69.1 Å². The van der Waals surface area contributed by atoms with Crippen LogP contribution < -0.4 is 20.4 Å². The number of hydrogen-bond donors (Lipinski definition) is 2. The number of ether oxygens (including phenoxy) is 1. The maximum absolute atomic E-state index is 15.5. The summed E-state index contributed by atoms with van der Waals surface area (Å²) in [6.07, 6.45) is -7.61. The summed E-state index contributed by atoms with van der Waals surface area (Å²) in [6.45, 7) is 2.63. The molecule has 1 fully saturated rings. The van der Waals surface area contributed by atoms with Crippen LogP contribution in [0.25, 0.3) is 11.0 Å². The van der Waals surface area contributed by atoms with Crippen molar-refractivity contribution in [1.29, 1.82) is 0 Å². The van der Waals surface area contributed by atoms with Crippen LogP contribution >= 0.6 is 0 Å². The first-order valence-electron chi connectivity index (χ1n) is 13.1. The van der Waals surface area contributed by atoms with Gasteiger partial charge < -0.3 is 19.4 Å². The Labute approximate surface area is 243 Å². The number of nitrogens with zero attached hydrogens (tertiary/aromatic N) is 2. The number of alkyl halides is 3. The number of carbonyl (C=O) groups is 1. The number of halogens is 5. The Balaban J connectivity index is 1.75. The lowest BCUT2D eigenvalue weighted by Crippen LogP contribution is -2.43. The molecule has 0 atom stereocenters. The van der Waals surface area contributed by atoms with Crippen LogP contribution in [0, 0.1) is 11.6 Å². The fourth-order valence-electron chi connectivity index (χ4n) is 4.47. The Hall–Kier alpha value is -3.76. The van der Waals surface area contributed by atoms with Crippen molar-refractivity contribution in [2.24, 2.45) is 0 Å². The van der Waals surface area contributed by atoms with E-state index in [1.807, 2.05) is 9.62 Å². The Morgan fingerprint density at radius 1 is 1.14 bits per heavy atom. The molecule has 0 unspecified atom stereocenters. The molecular formula is C27H29F5N4O6S. The third-order valence-electron chi connectivity index (χ3n) is 6.69. The van der Waals surface area contributed by atoms with Gasteiger partial charge in [0.25, 0.3) is 0 Å². The van der Waals surface area contributed by atoms with Crippen LogP contribution in [0.5, 0.6) is 5.75 Å². The van der Waals surface area contributed by atoms with Crippen LogP contribution in [0.1, 0.15) is 23.1 Å². The highest BCUT2D eigenvalue weighted by molar-refractivity contribution is 7.92. The molecule has 1 amide bonds. The second-order valence-corrected chi connectivity index (χ2v) is 12.0. The van der Waals surface area contributed by atoms with Crippen molar-refractivity contribution >= 4 is 32.8 Å². The van der Waals surface area contributed by atoms with E-state index in [4.69, 9.17) is 9.15 Å². The first kappa shape index (κ1) is 32.2. The standard InChI is InChI=1S/C27H29F5N4O6S/c1-35(2)26(38)42-23-14-22-17(13-20(23)28)19(15-36-9-7-33-8-10-36)18(25(37)41-22)12-16-4-3-5-21(24(16)29)34-43(39,40)11-6-27(30,31)32/h3-5,13-14,33-34H,6-12,15H2,1-2H3. The largest absolute Gasteiger partial charge is 0.422 e. The average Bonchev–Trinajstić information content (AvgIpc) is 2.92. The topological polar surface area (TPSA) is 121 Å². The molecule has 4 rings (SSSR count). The first-order valence-corrected chi connectivity index (χ1v) is 14.7. The molecule has 2 aromatic carbocycles. The van der Waals surface area contributed by atoms with Crippen LogP contribution in [-0.4, -0.2) is 76.5 Å². The Morgan fingerprint density at radius 3 is 2.49 bits per heavy atom. The maximum Gasteiger partial charge on any atom is 0.414 e. The quantitative estimate of drug-likeness (QED) is 0.270. The number of amides is 1. The first-order chi connectivity index (χ1) is 20.1. The predicted octanol–water partition coefficient (Wildman–Crippen LogP) is 3.82. The van der Waals surface area contributed by atoms with E-state index in [1.54, 1.807) is 0 Å². The second-order valence-electron chi connectivity index (χ2n) is 10.2. The SMILES string of the molecule is CN(C)C(=O)Oc1cc2oc(=O)c(Cc3cccc(NS(=O)(=O)CCC(F)(F)F)c3F)c(CN3CCNCC3)c2cc1F.